The second-order valence-corrected chi connectivity index (χ2v) is 6.36. The van der Waals surface area contributed by atoms with Gasteiger partial charge in [0.1, 0.15) is 10.6 Å². The van der Waals surface area contributed by atoms with E-state index in [4.69, 9.17) is 9.47 Å². The fourth-order valence-corrected chi connectivity index (χ4v) is 2.73. The van der Waals surface area contributed by atoms with E-state index in [1.54, 1.807) is 18.3 Å². The maximum absolute atomic E-state index is 12.9. The van der Waals surface area contributed by atoms with Crippen LogP contribution < -0.4 is 10.2 Å². The van der Waals surface area contributed by atoms with Gasteiger partial charge in [-0.1, -0.05) is 11.6 Å². The third kappa shape index (κ3) is 4.45. The predicted molar refractivity (Wildman–Crippen MR) is 99.1 cm³/mol. The van der Waals surface area contributed by atoms with Crippen LogP contribution in [0.1, 0.15) is 40.5 Å². The monoisotopic (exact) mass is 360 g/mol. The molecule has 0 spiro atoms. The molecule has 7 heteroatoms. The highest BCUT2D eigenvalue weighted by Gasteiger charge is 2.21. The molecule has 0 aliphatic carbocycles. The number of pyridine rings is 1. The van der Waals surface area contributed by atoms with Crippen LogP contribution in [-0.2, 0) is 11.2 Å². The van der Waals surface area contributed by atoms with E-state index in [-0.39, 0.29) is 5.56 Å². The fraction of sp³-hybridized carbons (Fsp3) is 0.278. The zero-order valence-corrected chi connectivity index (χ0v) is 15.4. The summed E-state index contributed by atoms with van der Waals surface area (Å²) < 4.78 is 10.1. The van der Waals surface area contributed by atoms with E-state index in [2.05, 4.69) is 9.97 Å². The number of aromatic nitrogens is 2. The lowest BCUT2D eigenvalue weighted by Crippen LogP contribution is -2.23. The molecule has 132 valence electrons. The highest BCUT2D eigenvalue weighted by molar-refractivity contribution is 7.10. The lowest BCUT2D eigenvalue weighted by atomic mass is 10.1. The summed E-state index contributed by atoms with van der Waals surface area (Å²) in [5.74, 6) is -0.366. The number of carbonyl (C=O) groups is 1. The third-order valence-electron chi connectivity index (χ3n) is 3.44. The largest absolute Gasteiger partial charge is 0.482 e. The molecule has 0 aromatic carbocycles. The number of allylic oxidation sites excluding steroid dienone is 2. The number of thiazole rings is 1. The fourth-order valence-electron chi connectivity index (χ4n) is 2.20. The second kappa shape index (κ2) is 8.43. The molecule has 0 aliphatic rings. The van der Waals surface area contributed by atoms with Crippen molar-refractivity contribution in [2.45, 2.75) is 20.3 Å². The normalized spacial score (nSPS) is 10.7. The SMILES string of the molecule is COC(=O)c1c(/C=C\c2nccs2)[nH]c(OC)c(CC=C(C)C)c1=O. The first-order valence-electron chi connectivity index (χ1n) is 7.60. The number of hydrogen-bond donors (Lipinski definition) is 1. The van der Waals surface area contributed by atoms with Crippen LogP contribution in [-0.4, -0.2) is 30.2 Å². The van der Waals surface area contributed by atoms with Crippen molar-refractivity contribution in [2.75, 3.05) is 14.2 Å². The van der Waals surface area contributed by atoms with Crippen molar-refractivity contribution in [1.29, 1.82) is 0 Å². The lowest BCUT2D eigenvalue weighted by Gasteiger charge is -2.11. The number of H-pyrrole nitrogens is 1. The van der Waals surface area contributed by atoms with Crippen LogP contribution in [0.4, 0.5) is 0 Å². The van der Waals surface area contributed by atoms with Gasteiger partial charge in [0.15, 0.2) is 5.88 Å². The molecular weight excluding hydrogens is 340 g/mol. The average molecular weight is 360 g/mol. The summed E-state index contributed by atoms with van der Waals surface area (Å²) in [6.45, 7) is 3.88. The molecule has 2 aromatic heterocycles. The number of ether oxygens (including phenoxy) is 2. The van der Waals surface area contributed by atoms with Gasteiger partial charge in [-0.2, -0.15) is 0 Å². The summed E-state index contributed by atoms with van der Waals surface area (Å²) in [7, 11) is 2.72. The minimum absolute atomic E-state index is 0.0479. The Hall–Kier alpha value is -2.67. The van der Waals surface area contributed by atoms with Crippen molar-refractivity contribution >= 4 is 29.5 Å². The van der Waals surface area contributed by atoms with Crippen molar-refractivity contribution in [3.8, 4) is 5.88 Å². The zero-order valence-electron chi connectivity index (χ0n) is 14.6. The van der Waals surface area contributed by atoms with Gasteiger partial charge in [0.25, 0.3) is 0 Å². The quantitative estimate of drug-likeness (QED) is 0.631. The minimum Gasteiger partial charge on any atom is -0.482 e. The van der Waals surface area contributed by atoms with E-state index < -0.39 is 11.4 Å². The molecule has 0 radical (unpaired) electrons. The first-order valence-corrected chi connectivity index (χ1v) is 8.48. The smallest absolute Gasteiger partial charge is 0.344 e. The van der Waals surface area contributed by atoms with E-state index in [0.29, 0.717) is 23.6 Å². The van der Waals surface area contributed by atoms with Gasteiger partial charge in [-0.25, -0.2) is 9.78 Å². The number of nitrogens with zero attached hydrogens (tertiary/aromatic N) is 1. The van der Waals surface area contributed by atoms with Gasteiger partial charge in [0, 0.05) is 11.6 Å². The summed E-state index contributed by atoms with van der Waals surface area (Å²) in [6.07, 6.45) is 7.29. The topological polar surface area (TPSA) is 81.3 Å². The molecule has 2 heterocycles. The van der Waals surface area contributed by atoms with Crippen LogP contribution in [0.5, 0.6) is 5.88 Å². The molecule has 0 saturated heterocycles. The molecule has 0 amide bonds. The van der Waals surface area contributed by atoms with Crippen molar-refractivity contribution in [1.82, 2.24) is 9.97 Å². The van der Waals surface area contributed by atoms with E-state index in [9.17, 15) is 9.59 Å². The molecule has 0 fully saturated rings. The van der Waals surface area contributed by atoms with Crippen LogP contribution >= 0.6 is 11.3 Å². The second-order valence-electron chi connectivity index (χ2n) is 5.44. The van der Waals surface area contributed by atoms with E-state index in [1.165, 1.54) is 25.6 Å². The first kappa shape index (κ1) is 18.7. The Kier molecular flexibility index (Phi) is 6.30. The van der Waals surface area contributed by atoms with Crippen molar-refractivity contribution in [3.63, 3.8) is 0 Å². The predicted octanol–water partition coefficient (Wildman–Crippen LogP) is 3.31. The summed E-state index contributed by atoms with van der Waals surface area (Å²) in [5.41, 5.74) is 1.32. The average Bonchev–Trinajstić information content (AvgIpc) is 3.11. The molecule has 0 atom stereocenters. The molecule has 25 heavy (non-hydrogen) atoms. The summed E-state index contributed by atoms with van der Waals surface area (Å²) in [5, 5.41) is 2.59. The van der Waals surface area contributed by atoms with Crippen LogP contribution in [0, 0.1) is 0 Å². The Bertz CT molecular complexity index is 860. The maximum atomic E-state index is 12.9. The maximum Gasteiger partial charge on any atom is 0.344 e. The van der Waals surface area contributed by atoms with Gasteiger partial charge in [-0.15, -0.1) is 11.3 Å². The molecule has 6 nitrogen and oxygen atoms in total. The van der Waals surface area contributed by atoms with E-state index in [0.717, 1.165) is 10.6 Å². The molecule has 0 saturated carbocycles. The number of carbonyl (C=O) groups excluding carboxylic acids is 1. The minimum atomic E-state index is -0.693. The third-order valence-corrected chi connectivity index (χ3v) is 4.19. The molecular formula is C18H20N2O4S. The highest BCUT2D eigenvalue weighted by Crippen LogP contribution is 2.19. The van der Waals surface area contributed by atoms with Gasteiger partial charge < -0.3 is 14.5 Å². The van der Waals surface area contributed by atoms with E-state index in [1.807, 2.05) is 25.3 Å². The van der Waals surface area contributed by atoms with E-state index >= 15 is 0 Å². The first-order chi connectivity index (χ1) is 12.0. The van der Waals surface area contributed by atoms with Crippen molar-refractivity contribution in [2.24, 2.45) is 0 Å². The van der Waals surface area contributed by atoms with Gasteiger partial charge in [-0.05, 0) is 32.4 Å². The number of methoxy groups -OCH3 is 2. The summed E-state index contributed by atoms with van der Waals surface area (Å²) in [6, 6.07) is 0. The number of aromatic amines is 1. The van der Waals surface area contributed by atoms with Gasteiger partial charge in [0.05, 0.1) is 25.5 Å². The number of rotatable bonds is 6. The van der Waals surface area contributed by atoms with Crippen LogP contribution in [0.25, 0.3) is 12.2 Å². The molecule has 0 unspecified atom stereocenters. The van der Waals surface area contributed by atoms with Crippen LogP contribution in [0.2, 0.25) is 0 Å². The van der Waals surface area contributed by atoms with Crippen LogP contribution in [0.15, 0.2) is 28.0 Å². The van der Waals surface area contributed by atoms with Crippen LogP contribution in [0.3, 0.4) is 0 Å². The molecule has 0 bridgehead atoms. The summed E-state index contributed by atoms with van der Waals surface area (Å²) >= 11 is 1.45. The zero-order chi connectivity index (χ0) is 18.4. The molecule has 0 aliphatic heterocycles. The molecule has 2 aromatic rings. The van der Waals surface area contributed by atoms with Gasteiger partial charge in [-0.3, -0.25) is 4.79 Å². The number of hydrogen-bond acceptors (Lipinski definition) is 6. The summed E-state index contributed by atoms with van der Waals surface area (Å²) in [4.78, 5) is 32.2. The Labute approximate surface area is 149 Å². The number of esters is 1. The number of nitrogens with one attached hydrogen (secondary N) is 1. The Morgan fingerprint density at radius 3 is 2.64 bits per heavy atom. The van der Waals surface area contributed by atoms with Gasteiger partial charge in [0.2, 0.25) is 5.43 Å². The highest BCUT2D eigenvalue weighted by atomic mass is 32.1. The molecule has 1 N–H and O–H groups in total. The Balaban J connectivity index is 2.62. The van der Waals surface area contributed by atoms with Gasteiger partial charge >= 0.3 is 5.97 Å². The Morgan fingerprint density at radius 2 is 2.08 bits per heavy atom. The van der Waals surface area contributed by atoms with Crippen molar-refractivity contribution < 1.29 is 14.3 Å². The van der Waals surface area contributed by atoms with Crippen molar-refractivity contribution in [3.05, 3.63) is 55.3 Å². The Morgan fingerprint density at radius 1 is 1.32 bits per heavy atom. The molecule has 2 rings (SSSR count). The standard InChI is InChI=1S/C18H20N2O4S/c1-11(2)5-6-12-16(21)15(18(22)24-4)13(20-17(12)23-3)7-8-14-19-9-10-25-14/h5,7-10H,6H2,1-4H3,(H,20,21)/b8-7-. The lowest BCUT2D eigenvalue weighted by molar-refractivity contribution is 0.0598.